The number of amidine groups is 1. The largest absolute Gasteiger partial charge is 0.351 e. The van der Waals surface area contributed by atoms with E-state index in [1.165, 1.54) is 43.9 Å². The van der Waals surface area contributed by atoms with Gasteiger partial charge in [-0.05, 0) is 49.9 Å². The number of hydrogen-bond acceptors (Lipinski definition) is 3. The summed E-state index contributed by atoms with van der Waals surface area (Å²) in [7, 11) is 2.12. The smallest absolute Gasteiger partial charge is 0.234 e. The van der Waals surface area contributed by atoms with Gasteiger partial charge in [-0.25, -0.2) is 4.99 Å². The average molecular weight is 410 g/mol. The molecule has 1 N–H and O–H groups in total. The summed E-state index contributed by atoms with van der Waals surface area (Å²) in [5, 5.41) is 4.00. The number of rotatable bonds is 5. The standard InChI is InChI=1S/C24H31N3OS/c1-18-11-10-12-19(2)23(18)26-22(28)17-29-24(25-20-13-6-4-7-14-20)27(3)21-15-8-5-9-16-21/h4,6-7,10-14,21H,5,8-9,15-17H2,1-3H3,(H,26,28). The fourth-order valence-electron chi connectivity index (χ4n) is 3.77. The maximum absolute atomic E-state index is 12.7. The zero-order valence-electron chi connectivity index (χ0n) is 17.6. The van der Waals surface area contributed by atoms with Crippen LogP contribution in [0.5, 0.6) is 0 Å². The zero-order valence-corrected chi connectivity index (χ0v) is 18.5. The first kappa shape index (κ1) is 21.4. The molecular weight excluding hydrogens is 378 g/mol. The number of benzene rings is 2. The Morgan fingerprint density at radius 2 is 1.69 bits per heavy atom. The molecule has 0 saturated heterocycles. The molecule has 0 aromatic heterocycles. The van der Waals surface area contributed by atoms with Gasteiger partial charge in [-0.15, -0.1) is 0 Å². The number of para-hydroxylation sites is 2. The number of aryl methyl sites for hydroxylation is 2. The molecule has 1 aliphatic rings. The van der Waals surface area contributed by atoms with E-state index >= 15 is 0 Å². The molecule has 5 heteroatoms. The normalized spacial score (nSPS) is 15.2. The quantitative estimate of drug-likeness (QED) is 0.492. The Bertz CT molecular complexity index is 824. The van der Waals surface area contributed by atoms with Crippen LogP contribution in [0.4, 0.5) is 11.4 Å². The highest BCUT2D eigenvalue weighted by atomic mass is 32.2. The van der Waals surface area contributed by atoms with E-state index in [4.69, 9.17) is 4.99 Å². The molecule has 0 unspecified atom stereocenters. The third-order valence-corrected chi connectivity index (χ3v) is 6.53. The van der Waals surface area contributed by atoms with Crippen LogP contribution in [-0.2, 0) is 4.79 Å². The van der Waals surface area contributed by atoms with Crippen LogP contribution in [0.1, 0.15) is 43.2 Å². The molecule has 29 heavy (non-hydrogen) atoms. The second-order valence-electron chi connectivity index (χ2n) is 7.74. The topological polar surface area (TPSA) is 44.7 Å². The molecule has 0 spiro atoms. The fraction of sp³-hybridized carbons (Fsp3) is 0.417. The van der Waals surface area contributed by atoms with Crippen molar-refractivity contribution in [3.05, 3.63) is 59.7 Å². The van der Waals surface area contributed by atoms with Crippen molar-refractivity contribution in [2.75, 3.05) is 18.1 Å². The highest BCUT2D eigenvalue weighted by molar-refractivity contribution is 8.14. The van der Waals surface area contributed by atoms with Gasteiger partial charge in [0.2, 0.25) is 5.91 Å². The highest BCUT2D eigenvalue weighted by Crippen LogP contribution is 2.26. The van der Waals surface area contributed by atoms with Crippen molar-refractivity contribution in [1.29, 1.82) is 0 Å². The number of nitrogens with one attached hydrogen (secondary N) is 1. The minimum absolute atomic E-state index is 0.00482. The van der Waals surface area contributed by atoms with E-state index in [2.05, 4.69) is 17.3 Å². The molecule has 3 rings (SSSR count). The average Bonchev–Trinajstić information content (AvgIpc) is 2.74. The van der Waals surface area contributed by atoms with Crippen LogP contribution in [0.3, 0.4) is 0 Å². The van der Waals surface area contributed by atoms with Crippen LogP contribution >= 0.6 is 11.8 Å². The number of anilines is 1. The zero-order chi connectivity index (χ0) is 20.6. The van der Waals surface area contributed by atoms with Gasteiger partial charge in [-0.3, -0.25) is 4.79 Å². The van der Waals surface area contributed by atoms with Crippen LogP contribution in [0.25, 0.3) is 0 Å². The summed E-state index contributed by atoms with van der Waals surface area (Å²) in [5.74, 6) is 0.349. The van der Waals surface area contributed by atoms with Gasteiger partial charge >= 0.3 is 0 Å². The number of carbonyl (C=O) groups excluding carboxylic acids is 1. The van der Waals surface area contributed by atoms with Crippen LogP contribution in [-0.4, -0.2) is 34.8 Å². The summed E-state index contributed by atoms with van der Waals surface area (Å²) in [6, 6.07) is 16.6. The van der Waals surface area contributed by atoms with Crippen LogP contribution in [0.2, 0.25) is 0 Å². The Labute approximate surface area is 178 Å². The SMILES string of the molecule is Cc1cccc(C)c1NC(=O)CSC(=Nc1ccccc1)N(C)C1CCCCC1. The minimum atomic E-state index is 0.00482. The summed E-state index contributed by atoms with van der Waals surface area (Å²) < 4.78 is 0. The molecule has 0 atom stereocenters. The van der Waals surface area contributed by atoms with Gasteiger partial charge < -0.3 is 10.2 Å². The summed E-state index contributed by atoms with van der Waals surface area (Å²) in [6.45, 7) is 4.05. The lowest BCUT2D eigenvalue weighted by Gasteiger charge is -2.33. The summed E-state index contributed by atoms with van der Waals surface area (Å²) in [6.07, 6.45) is 6.25. The molecule has 2 aromatic carbocycles. The first-order valence-corrected chi connectivity index (χ1v) is 11.4. The predicted octanol–water partition coefficient (Wildman–Crippen LogP) is 5.93. The van der Waals surface area contributed by atoms with E-state index in [0.717, 1.165) is 27.7 Å². The van der Waals surface area contributed by atoms with Crippen molar-refractivity contribution >= 4 is 34.2 Å². The molecule has 0 heterocycles. The lowest BCUT2D eigenvalue weighted by Crippen LogP contribution is -2.37. The number of amides is 1. The van der Waals surface area contributed by atoms with E-state index in [-0.39, 0.29) is 5.91 Å². The van der Waals surface area contributed by atoms with Crippen LogP contribution in [0.15, 0.2) is 53.5 Å². The van der Waals surface area contributed by atoms with Crippen molar-refractivity contribution in [2.24, 2.45) is 4.99 Å². The van der Waals surface area contributed by atoms with Crippen molar-refractivity contribution < 1.29 is 4.79 Å². The van der Waals surface area contributed by atoms with Gasteiger partial charge in [-0.1, -0.05) is 67.4 Å². The maximum Gasteiger partial charge on any atom is 0.234 e. The molecule has 0 radical (unpaired) electrons. The molecule has 1 aliphatic carbocycles. The molecular formula is C24H31N3OS. The van der Waals surface area contributed by atoms with Crippen molar-refractivity contribution in [3.63, 3.8) is 0 Å². The molecule has 2 aromatic rings. The summed E-state index contributed by atoms with van der Waals surface area (Å²) in [4.78, 5) is 19.8. The Hall–Kier alpha value is -2.27. The Kier molecular flexibility index (Phi) is 7.76. The second kappa shape index (κ2) is 10.5. The number of carbonyl (C=O) groups is 1. The Morgan fingerprint density at radius 1 is 1.03 bits per heavy atom. The van der Waals surface area contributed by atoms with Crippen LogP contribution in [0, 0.1) is 13.8 Å². The molecule has 1 amide bonds. The van der Waals surface area contributed by atoms with Gasteiger partial charge in [0.25, 0.3) is 0 Å². The molecule has 1 saturated carbocycles. The molecule has 0 bridgehead atoms. The van der Waals surface area contributed by atoms with Crippen molar-refractivity contribution in [2.45, 2.75) is 52.0 Å². The van der Waals surface area contributed by atoms with Gasteiger partial charge in [0.15, 0.2) is 5.17 Å². The number of thioether (sulfide) groups is 1. The Morgan fingerprint density at radius 3 is 2.34 bits per heavy atom. The minimum Gasteiger partial charge on any atom is -0.351 e. The Balaban J connectivity index is 1.71. The van der Waals surface area contributed by atoms with Gasteiger partial charge in [0.05, 0.1) is 11.4 Å². The van der Waals surface area contributed by atoms with E-state index < -0.39 is 0 Å². The second-order valence-corrected chi connectivity index (χ2v) is 8.68. The lowest BCUT2D eigenvalue weighted by atomic mass is 9.95. The third-order valence-electron chi connectivity index (χ3n) is 5.48. The van der Waals surface area contributed by atoms with Gasteiger partial charge in [-0.2, -0.15) is 0 Å². The van der Waals surface area contributed by atoms with E-state index in [1.54, 1.807) is 0 Å². The summed E-state index contributed by atoms with van der Waals surface area (Å²) >= 11 is 1.52. The van der Waals surface area contributed by atoms with E-state index in [9.17, 15) is 4.79 Å². The molecule has 154 valence electrons. The predicted molar refractivity (Wildman–Crippen MR) is 125 cm³/mol. The maximum atomic E-state index is 12.7. The monoisotopic (exact) mass is 409 g/mol. The van der Waals surface area contributed by atoms with Crippen LogP contribution < -0.4 is 5.32 Å². The number of nitrogens with zero attached hydrogens (tertiary/aromatic N) is 2. The molecule has 1 fully saturated rings. The highest BCUT2D eigenvalue weighted by Gasteiger charge is 2.22. The van der Waals surface area contributed by atoms with Gasteiger partial charge in [0.1, 0.15) is 0 Å². The molecule has 0 aliphatic heterocycles. The molecule has 4 nitrogen and oxygen atoms in total. The first-order chi connectivity index (χ1) is 14.0. The van der Waals surface area contributed by atoms with Gasteiger partial charge in [0, 0.05) is 18.8 Å². The number of aliphatic imine (C=N–C) groups is 1. The summed E-state index contributed by atoms with van der Waals surface area (Å²) in [5.41, 5.74) is 4.01. The lowest BCUT2D eigenvalue weighted by molar-refractivity contribution is -0.113. The first-order valence-electron chi connectivity index (χ1n) is 10.4. The van der Waals surface area contributed by atoms with Crippen molar-refractivity contribution in [3.8, 4) is 0 Å². The van der Waals surface area contributed by atoms with Crippen molar-refractivity contribution in [1.82, 2.24) is 4.90 Å². The van der Waals surface area contributed by atoms with E-state index in [0.29, 0.717) is 11.8 Å². The third kappa shape index (κ3) is 6.10. The fourth-order valence-corrected chi connectivity index (χ4v) is 4.62. The number of hydrogen-bond donors (Lipinski definition) is 1. The van der Waals surface area contributed by atoms with E-state index in [1.807, 2.05) is 62.4 Å².